The molecule has 2 nitrogen and oxygen atoms in total. The van der Waals surface area contributed by atoms with Gasteiger partial charge < -0.3 is 0 Å². The Kier molecular flexibility index (Phi) is 2.84. The van der Waals surface area contributed by atoms with Crippen LogP contribution in [0.2, 0.25) is 0 Å². The van der Waals surface area contributed by atoms with Crippen LogP contribution in [0.1, 0.15) is 11.3 Å². The number of halogens is 1. The second-order valence-electron chi connectivity index (χ2n) is 3.24. The lowest BCUT2D eigenvalue weighted by Gasteiger charge is -2.06. The molecule has 0 fully saturated rings. The Hall–Kier alpha value is -1.59. The summed E-state index contributed by atoms with van der Waals surface area (Å²) >= 11 is 5.80. The quantitative estimate of drug-likeness (QED) is 0.724. The molecule has 0 aliphatic carbocycles. The number of pyridine rings is 1. The number of hydrogen-bond acceptors (Lipinski definition) is 2. The summed E-state index contributed by atoms with van der Waals surface area (Å²) in [7, 11) is 0. The summed E-state index contributed by atoms with van der Waals surface area (Å²) in [5, 5.41) is 10.9. The summed E-state index contributed by atoms with van der Waals surface area (Å²) in [6.07, 6.45) is 2.16. The fraction of sp³-hybridized carbons (Fsp3) is 0.167. The number of nitrogens with zero attached hydrogens (tertiary/aromatic N) is 2. The van der Waals surface area contributed by atoms with Crippen molar-refractivity contribution in [1.29, 1.82) is 5.26 Å². The highest BCUT2D eigenvalue weighted by Gasteiger charge is 2.07. The molecule has 1 heterocycles. The molecule has 0 atom stereocenters. The van der Waals surface area contributed by atoms with Crippen LogP contribution in [0.3, 0.4) is 0 Å². The maximum Gasteiger partial charge on any atom is 0.0670 e. The first-order valence-electron chi connectivity index (χ1n) is 4.65. The third-order valence-electron chi connectivity index (χ3n) is 2.38. The lowest BCUT2D eigenvalue weighted by molar-refractivity contribution is 1.11. The minimum Gasteiger partial charge on any atom is -0.259 e. The smallest absolute Gasteiger partial charge is 0.0670 e. The zero-order chi connectivity index (χ0) is 10.7. The molecule has 0 bridgehead atoms. The van der Waals surface area contributed by atoms with Gasteiger partial charge in [-0.1, -0.05) is 24.3 Å². The number of fused-ring (bicyclic) bond motifs is 1. The summed E-state index contributed by atoms with van der Waals surface area (Å²) in [5.41, 5.74) is 1.75. The van der Waals surface area contributed by atoms with E-state index in [9.17, 15) is 0 Å². The maximum absolute atomic E-state index is 8.78. The SMILES string of the molecule is N#CCc1c(CCl)ncc2ccccc12. The van der Waals surface area contributed by atoms with E-state index in [0.717, 1.165) is 22.0 Å². The molecule has 2 aromatic rings. The topological polar surface area (TPSA) is 36.7 Å². The monoisotopic (exact) mass is 216 g/mol. The number of hydrogen-bond donors (Lipinski definition) is 0. The van der Waals surface area contributed by atoms with E-state index in [1.54, 1.807) is 6.20 Å². The van der Waals surface area contributed by atoms with Crippen LogP contribution >= 0.6 is 11.6 Å². The largest absolute Gasteiger partial charge is 0.259 e. The minimum atomic E-state index is 0.349. The molecule has 3 heteroatoms. The number of alkyl halides is 1. The molecule has 15 heavy (non-hydrogen) atoms. The Bertz CT molecular complexity index is 529. The predicted molar refractivity (Wildman–Crippen MR) is 60.6 cm³/mol. The Morgan fingerprint density at radius 3 is 2.87 bits per heavy atom. The van der Waals surface area contributed by atoms with Gasteiger partial charge in [0.1, 0.15) is 0 Å². The first-order valence-corrected chi connectivity index (χ1v) is 5.18. The third-order valence-corrected chi connectivity index (χ3v) is 2.63. The molecule has 0 spiro atoms. The van der Waals surface area contributed by atoms with Crippen molar-refractivity contribution in [1.82, 2.24) is 4.98 Å². The molecule has 0 saturated carbocycles. The lowest BCUT2D eigenvalue weighted by Crippen LogP contribution is -1.96. The average molecular weight is 217 g/mol. The summed E-state index contributed by atoms with van der Waals surface area (Å²) < 4.78 is 0. The fourth-order valence-electron chi connectivity index (χ4n) is 1.66. The molecule has 0 radical (unpaired) electrons. The van der Waals surface area contributed by atoms with Gasteiger partial charge >= 0.3 is 0 Å². The van der Waals surface area contributed by atoms with E-state index in [-0.39, 0.29) is 0 Å². The van der Waals surface area contributed by atoms with Gasteiger partial charge in [-0.05, 0) is 10.9 Å². The van der Waals surface area contributed by atoms with E-state index in [1.165, 1.54) is 0 Å². The molecule has 0 saturated heterocycles. The van der Waals surface area contributed by atoms with Crippen LogP contribution in [0.25, 0.3) is 10.8 Å². The molecule has 0 unspecified atom stereocenters. The van der Waals surface area contributed by atoms with Gasteiger partial charge in [0.05, 0.1) is 24.1 Å². The van der Waals surface area contributed by atoms with Crippen LogP contribution in [-0.2, 0) is 12.3 Å². The highest BCUT2D eigenvalue weighted by atomic mass is 35.5. The van der Waals surface area contributed by atoms with Gasteiger partial charge in [-0.2, -0.15) is 5.26 Å². The van der Waals surface area contributed by atoms with Crippen LogP contribution in [0.5, 0.6) is 0 Å². The number of benzene rings is 1. The Labute approximate surface area is 93.1 Å². The summed E-state index contributed by atoms with van der Waals surface area (Å²) in [6, 6.07) is 10.1. The molecule has 74 valence electrons. The van der Waals surface area contributed by atoms with E-state index in [0.29, 0.717) is 12.3 Å². The van der Waals surface area contributed by atoms with Gasteiger partial charge in [-0.3, -0.25) is 4.98 Å². The molecule has 0 aliphatic rings. The Balaban J connectivity index is 2.74. The molecule has 0 N–H and O–H groups in total. The normalized spacial score (nSPS) is 10.1. The number of rotatable bonds is 2. The number of nitriles is 1. The van der Waals surface area contributed by atoms with Crippen molar-refractivity contribution in [2.75, 3.05) is 0 Å². The van der Waals surface area contributed by atoms with Crippen molar-refractivity contribution in [3.63, 3.8) is 0 Å². The highest BCUT2D eigenvalue weighted by molar-refractivity contribution is 6.17. The van der Waals surface area contributed by atoms with Gasteiger partial charge in [0, 0.05) is 11.6 Å². The van der Waals surface area contributed by atoms with Crippen molar-refractivity contribution in [3.05, 3.63) is 41.7 Å². The van der Waals surface area contributed by atoms with Gasteiger partial charge in [0.25, 0.3) is 0 Å². The second kappa shape index (κ2) is 4.29. The zero-order valence-corrected chi connectivity index (χ0v) is 8.83. The predicted octanol–water partition coefficient (Wildman–Crippen LogP) is 3.04. The summed E-state index contributed by atoms with van der Waals surface area (Å²) in [6.45, 7) is 0. The molecule has 0 amide bonds. The van der Waals surface area contributed by atoms with Gasteiger partial charge in [0.15, 0.2) is 0 Å². The van der Waals surface area contributed by atoms with Crippen molar-refractivity contribution >= 4 is 22.4 Å². The maximum atomic E-state index is 8.78. The summed E-state index contributed by atoms with van der Waals surface area (Å²) in [5.74, 6) is 0.349. The van der Waals surface area contributed by atoms with E-state index in [4.69, 9.17) is 16.9 Å². The van der Waals surface area contributed by atoms with Crippen LogP contribution in [0.4, 0.5) is 0 Å². The van der Waals surface area contributed by atoms with E-state index in [1.807, 2.05) is 24.3 Å². The van der Waals surface area contributed by atoms with Crippen molar-refractivity contribution < 1.29 is 0 Å². The molecular formula is C12H9ClN2. The average Bonchev–Trinajstić information content (AvgIpc) is 2.30. The van der Waals surface area contributed by atoms with Gasteiger partial charge in [-0.25, -0.2) is 0 Å². The zero-order valence-electron chi connectivity index (χ0n) is 8.07. The minimum absolute atomic E-state index is 0.349. The van der Waals surface area contributed by atoms with Crippen LogP contribution in [0, 0.1) is 11.3 Å². The van der Waals surface area contributed by atoms with E-state index < -0.39 is 0 Å². The van der Waals surface area contributed by atoms with Gasteiger partial charge in [-0.15, -0.1) is 11.6 Å². The number of aromatic nitrogens is 1. The standard InChI is InChI=1S/C12H9ClN2/c13-7-12-11(5-6-14)10-4-2-1-3-9(10)8-15-12/h1-4,8H,5,7H2. The van der Waals surface area contributed by atoms with Crippen molar-refractivity contribution in [2.24, 2.45) is 0 Å². The fourth-order valence-corrected chi connectivity index (χ4v) is 1.89. The van der Waals surface area contributed by atoms with Crippen LogP contribution < -0.4 is 0 Å². The van der Waals surface area contributed by atoms with Crippen LogP contribution in [-0.4, -0.2) is 4.98 Å². The first kappa shape index (κ1) is 9.95. The van der Waals surface area contributed by atoms with Crippen molar-refractivity contribution in [3.8, 4) is 6.07 Å². The summed E-state index contributed by atoms with van der Waals surface area (Å²) in [4.78, 5) is 4.26. The Morgan fingerprint density at radius 2 is 2.13 bits per heavy atom. The third kappa shape index (κ3) is 1.79. The van der Waals surface area contributed by atoms with E-state index in [2.05, 4.69) is 11.1 Å². The lowest BCUT2D eigenvalue weighted by atomic mass is 10.0. The highest BCUT2D eigenvalue weighted by Crippen LogP contribution is 2.21. The molecule has 1 aromatic heterocycles. The molecular weight excluding hydrogens is 208 g/mol. The molecule has 0 aliphatic heterocycles. The van der Waals surface area contributed by atoms with Gasteiger partial charge in [0.2, 0.25) is 0 Å². The van der Waals surface area contributed by atoms with Crippen LogP contribution in [0.15, 0.2) is 30.5 Å². The first-order chi connectivity index (χ1) is 7.36. The van der Waals surface area contributed by atoms with Crippen molar-refractivity contribution in [2.45, 2.75) is 12.3 Å². The Morgan fingerprint density at radius 1 is 1.33 bits per heavy atom. The van der Waals surface area contributed by atoms with E-state index >= 15 is 0 Å². The second-order valence-corrected chi connectivity index (χ2v) is 3.51. The molecule has 2 rings (SSSR count). The molecule has 1 aromatic carbocycles.